The predicted molar refractivity (Wildman–Crippen MR) is 90.1 cm³/mol. The topological polar surface area (TPSA) is 27.7 Å². The van der Waals surface area contributed by atoms with Crippen molar-refractivity contribution in [1.82, 2.24) is 0 Å². The number of methoxy groups -OCH3 is 2. The van der Waals surface area contributed by atoms with Crippen LogP contribution in [0.25, 0.3) is 0 Å². The van der Waals surface area contributed by atoms with Gasteiger partial charge in [-0.15, -0.1) is 12.8 Å². The van der Waals surface area contributed by atoms with Crippen LogP contribution >= 0.6 is 0 Å². The zero-order valence-corrected chi connectivity index (χ0v) is 13.8. The zero-order chi connectivity index (χ0) is 18.4. The molecular weight excluding hydrogens is 326 g/mol. The molecule has 0 heterocycles. The lowest BCUT2D eigenvalue weighted by Crippen LogP contribution is -2.10. The van der Waals surface area contributed by atoms with E-state index in [9.17, 15) is 8.78 Å². The SMILES string of the molecule is C#CC(OC(C#C)c1ccc(F)cc1OC)c1ccc(F)cc1OC. The van der Waals surface area contributed by atoms with Crippen molar-refractivity contribution in [2.45, 2.75) is 12.2 Å². The Morgan fingerprint density at radius 2 is 1.20 bits per heavy atom. The van der Waals surface area contributed by atoms with Gasteiger partial charge in [-0.2, -0.15) is 0 Å². The fourth-order valence-electron chi connectivity index (χ4n) is 2.34. The van der Waals surface area contributed by atoms with Gasteiger partial charge < -0.3 is 14.2 Å². The summed E-state index contributed by atoms with van der Waals surface area (Å²) in [4.78, 5) is 0. The highest BCUT2D eigenvalue weighted by atomic mass is 19.1. The minimum atomic E-state index is -0.897. The summed E-state index contributed by atoms with van der Waals surface area (Å²) in [6.07, 6.45) is 9.32. The normalized spacial score (nSPS) is 12.6. The average molecular weight is 342 g/mol. The van der Waals surface area contributed by atoms with E-state index in [-0.39, 0.29) is 11.5 Å². The van der Waals surface area contributed by atoms with Gasteiger partial charge in [-0.1, -0.05) is 11.8 Å². The molecule has 2 atom stereocenters. The van der Waals surface area contributed by atoms with Crippen molar-refractivity contribution in [2.24, 2.45) is 0 Å². The van der Waals surface area contributed by atoms with Crippen molar-refractivity contribution in [3.63, 3.8) is 0 Å². The summed E-state index contributed by atoms with van der Waals surface area (Å²) in [7, 11) is 2.79. The van der Waals surface area contributed by atoms with Gasteiger partial charge in [0.15, 0.2) is 0 Å². The van der Waals surface area contributed by atoms with E-state index < -0.39 is 23.8 Å². The molecule has 0 radical (unpaired) electrons. The minimum absolute atomic E-state index is 0.241. The predicted octanol–water partition coefficient (Wildman–Crippen LogP) is 4.05. The van der Waals surface area contributed by atoms with Crippen LogP contribution in [0.15, 0.2) is 36.4 Å². The maximum Gasteiger partial charge on any atom is 0.148 e. The molecule has 128 valence electrons. The Morgan fingerprint density at radius 1 is 0.800 bits per heavy atom. The first-order valence-electron chi connectivity index (χ1n) is 7.28. The minimum Gasteiger partial charge on any atom is -0.496 e. The third kappa shape index (κ3) is 4.09. The van der Waals surface area contributed by atoms with Crippen molar-refractivity contribution >= 4 is 0 Å². The molecule has 0 aliphatic heterocycles. The third-order valence-electron chi connectivity index (χ3n) is 3.53. The Kier molecular flexibility index (Phi) is 6.00. The number of benzene rings is 2. The van der Waals surface area contributed by atoms with E-state index in [4.69, 9.17) is 27.1 Å². The molecule has 2 unspecified atom stereocenters. The second-order valence-electron chi connectivity index (χ2n) is 5.00. The van der Waals surface area contributed by atoms with Gasteiger partial charge in [0.05, 0.1) is 14.2 Å². The molecule has 25 heavy (non-hydrogen) atoms. The van der Waals surface area contributed by atoms with Gasteiger partial charge >= 0.3 is 0 Å². The first-order valence-corrected chi connectivity index (χ1v) is 7.28. The van der Waals surface area contributed by atoms with E-state index in [0.717, 1.165) is 0 Å². The molecule has 0 aliphatic rings. The summed E-state index contributed by atoms with van der Waals surface area (Å²) in [6.45, 7) is 0. The summed E-state index contributed by atoms with van der Waals surface area (Å²) in [6, 6.07) is 7.82. The molecule has 2 aromatic carbocycles. The first-order chi connectivity index (χ1) is 12.0. The van der Waals surface area contributed by atoms with Crippen LogP contribution in [0.2, 0.25) is 0 Å². The Morgan fingerprint density at radius 3 is 1.52 bits per heavy atom. The van der Waals surface area contributed by atoms with Gasteiger partial charge in [0.1, 0.15) is 35.3 Å². The molecule has 0 aromatic heterocycles. The fourth-order valence-corrected chi connectivity index (χ4v) is 2.34. The number of terminal acetylenes is 2. The number of halogens is 2. The van der Waals surface area contributed by atoms with Crippen LogP contribution < -0.4 is 9.47 Å². The monoisotopic (exact) mass is 342 g/mol. The lowest BCUT2D eigenvalue weighted by molar-refractivity contribution is 0.0487. The van der Waals surface area contributed by atoms with E-state index in [0.29, 0.717) is 11.1 Å². The molecule has 0 aliphatic carbocycles. The third-order valence-corrected chi connectivity index (χ3v) is 3.53. The fraction of sp³-hybridized carbons (Fsp3) is 0.200. The molecule has 3 nitrogen and oxygen atoms in total. The van der Waals surface area contributed by atoms with Crippen LogP contribution in [0.1, 0.15) is 23.3 Å². The Labute approximate surface area is 145 Å². The van der Waals surface area contributed by atoms with Crippen molar-refractivity contribution in [2.75, 3.05) is 14.2 Å². The summed E-state index contributed by atoms with van der Waals surface area (Å²) >= 11 is 0. The van der Waals surface area contributed by atoms with Gasteiger partial charge in [0.25, 0.3) is 0 Å². The Balaban J connectivity index is 2.38. The molecule has 0 amide bonds. The molecule has 0 N–H and O–H groups in total. The van der Waals surface area contributed by atoms with Gasteiger partial charge in [0, 0.05) is 23.3 Å². The molecule has 0 bridgehead atoms. The molecule has 0 saturated heterocycles. The standard InChI is InChI=1S/C20H16F2O3/c1-5-17(15-9-7-13(21)11-19(15)23-3)25-18(6-2)16-10-8-14(22)12-20(16)24-4/h1-2,7-12,17-18H,3-4H3. The molecular formula is C20H16F2O3. The summed E-state index contributed by atoms with van der Waals surface area (Å²) in [5.41, 5.74) is 0.903. The van der Waals surface area contributed by atoms with E-state index in [1.165, 1.54) is 50.6 Å². The Bertz CT molecular complexity index is 764. The Hall–Kier alpha value is -3.02. The zero-order valence-electron chi connectivity index (χ0n) is 13.8. The number of rotatable bonds is 6. The van der Waals surface area contributed by atoms with Crippen LogP contribution in [-0.2, 0) is 4.74 Å². The van der Waals surface area contributed by atoms with Crippen LogP contribution in [-0.4, -0.2) is 14.2 Å². The number of hydrogen-bond donors (Lipinski definition) is 0. The van der Waals surface area contributed by atoms with Crippen LogP contribution in [0, 0.1) is 36.3 Å². The average Bonchev–Trinajstić information content (AvgIpc) is 2.63. The highest BCUT2D eigenvalue weighted by Gasteiger charge is 2.22. The molecule has 5 heteroatoms. The molecule has 2 aromatic rings. The van der Waals surface area contributed by atoms with Crippen molar-refractivity contribution < 1.29 is 23.0 Å². The van der Waals surface area contributed by atoms with Gasteiger partial charge in [-0.05, 0) is 24.3 Å². The summed E-state index contributed by atoms with van der Waals surface area (Å²) < 4.78 is 42.9. The highest BCUT2D eigenvalue weighted by molar-refractivity contribution is 5.41. The molecule has 2 rings (SSSR count). The van der Waals surface area contributed by atoms with E-state index in [1.54, 1.807) is 0 Å². The summed E-state index contributed by atoms with van der Waals surface area (Å²) in [5, 5.41) is 0. The van der Waals surface area contributed by atoms with Gasteiger partial charge in [-0.25, -0.2) is 8.78 Å². The summed E-state index contributed by atoms with van der Waals surface area (Å²) in [5.74, 6) is 4.47. The van der Waals surface area contributed by atoms with Gasteiger partial charge in [-0.3, -0.25) is 0 Å². The van der Waals surface area contributed by atoms with Crippen molar-refractivity contribution in [3.8, 4) is 36.2 Å². The van der Waals surface area contributed by atoms with Crippen LogP contribution in [0.4, 0.5) is 8.78 Å². The highest BCUT2D eigenvalue weighted by Crippen LogP contribution is 2.35. The number of hydrogen-bond acceptors (Lipinski definition) is 3. The lowest BCUT2D eigenvalue weighted by Gasteiger charge is -2.21. The second kappa shape index (κ2) is 8.19. The van der Waals surface area contributed by atoms with E-state index >= 15 is 0 Å². The first kappa shape index (κ1) is 18.3. The number of ether oxygens (including phenoxy) is 3. The van der Waals surface area contributed by atoms with Gasteiger partial charge in [0.2, 0.25) is 0 Å². The van der Waals surface area contributed by atoms with Crippen molar-refractivity contribution in [1.29, 1.82) is 0 Å². The largest absolute Gasteiger partial charge is 0.496 e. The smallest absolute Gasteiger partial charge is 0.148 e. The van der Waals surface area contributed by atoms with Crippen LogP contribution in [0.5, 0.6) is 11.5 Å². The van der Waals surface area contributed by atoms with E-state index in [1.807, 2.05) is 0 Å². The molecule has 0 spiro atoms. The quantitative estimate of drug-likeness (QED) is 0.742. The molecule has 0 fully saturated rings. The lowest BCUT2D eigenvalue weighted by atomic mass is 10.1. The molecule has 0 saturated carbocycles. The maximum atomic E-state index is 13.4. The van der Waals surface area contributed by atoms with Crippen LogP contribution in [0.3, 0.4) is 0 Å². The van der Waals surface area contributed by atoms with Crippen molar-refractivity contribution in [3.05, 3.63) is 59.2 Å². The second-order valence-corrected chi connectivity index (χ2v) is 5.00. The van der Waals surface area contributed by atoms with E-state index in [2.05, 4.69) is 11.8 Å². The maximum absolute atomic E-state index is 13.4.